The highest BCUT2D eigenvalue weighted by atomic mass is 32.2. The second-order valence-corrected chi connectivity index (χ2v) is 11.0. The van der Waals surface area contributed by atoms with Crippen molar-refractivity contribution >= 4 is 45.4 Å². The highest BCUT2D eigenvalue weighted by Gasteiger charge is 2.16. The van der Waals surface area contributed by atoms with Crippen LogP contribution < -0.4 is 19.3 Å². The molecule has 2 aromatic carbocycles. The fourth-order valence-electron chi connectivity index (χ4n) is 3.64. The number of hydrogen-bond acceptors (Lipinski definition) is 4. The number of thiazole rings is 2. The molecule has 0 aliphatic carbocycles. The second kappa shape index (κ2) is 11.2. The van der Waals surface area contributed by atoms with Gasteiger partial charge in [-0.25, -0.2) is 0 Å². The average molecular weight is 506 g/mol. The first kappa shape index (κ1) is 24.5. The van der Waals surface area contributed by atoms with Gasteiger partial charge >= 0.3 is 0 Å². The zero-order valence-electron chi connectivity index (χ0n) is 19.8. The topological polar surface area (TPSA) is 25.9 Å². The second-order valence-electron chi connectivity index (χ2n) is 7.97. The lowest BCUT2D eigenvalue weighted by Crippen LogP contribution is -2.36. The maximum atomic E-state index is 13.5. The lowest BCUT2D eigenvalue weighted by molar-refractivity contribution is -0.685. The Morgan fingerprint density at radius 1 is 1.12 bits per heavy atom. The molecule has 0 aliphatic heterocycles. The number of benzene rings is 2. The molecule has 0 fully saturated rings. The van der Waals surface area contributed by atoms with E-state index < -0.39 is 0 Å². The first-order valence-corrected chi connectivity index (χ1v) is 13.9. The van der Waals surface area contributed by atoms with E-state index in [4.69, 9.17) is 0 Å². The van der Waals surface area contributed by atoms with Gasteiger partial charge in [-0.3, -0.25) is 9.36 Å². The molecule has 4 aromatic rings. The molecule has 174 valence electrons. The third-order valence-electron chi connectivity index (χ3n) is 5.64. The Hall–Kier alpha value is -2.67. The SMILES string of the molecule is C=C(CC)/C(Sc1ccccc1C)=c1\s/c(=C\c2scc[n+]2Cc2ccccc2)n(CC)c1=O. The smallest absolute Gasteiger partial charge is 0.270 e. The van der Waals surface area contributed by atoms with Crippen LogP contribution >= 0.6 is 34.4 Å². The molecule has 3 nitrogen and oxygen atoms in total. The fourth-order valence-corrected chi connectivity index (χ4v) is 6.96. The van der Waals surface area contributed by atoms with E-state index in [1.54, 1.807) is 34.4 Å². The van der Waals surface area contributed by atoms with Crippen LogP contribution in [0.15, 0.2) is 88.0 Å². The van der Waals surface area contributed by atoms with Gasteiger partial charge in [0.15, 0.2) is 12.7 Å². The number of thioether (sulfide) groups is 1. The van der Waals surface area contributed by atoms with E-state index >= 15 is 0 Å². The predicted octanol–water partition coefficient (Wildman–Crippen LogP) is 5.33. The van der Waals surface area contributed by atoms with E-state index in [-0.39, 0.29) is 5.56 Å². The van der Waals surface area contributed by atoms with E-state index in [1.165, 1.54) is 11.1 Å². The molecule has 0 bridgehead atoms. The number of aryl methyl sites for hydroxylation is 1. The highest BCUT2D eigenvalue weighted by molar-refractivity contribution is 8.08. The minimum atomic E-state index is 0.0654. The third-order valence-corrected chi connectivity index (χ3v) is 9.13. The third kappa shape index (κ3) is 5.35. The van der Waals surface area contributed by atoms with Crippen molar-refractivity contribution in [2.24, 2.45) is 0 Å². The predicted molar refractivity (Wildman–Crippen MR) is 147 cm³/mol. The van der Waals surface area contributed by atoms with Gasteiger partial charge in [0.25, 0.3) is 10.6 Å². The van der Waals surface area contributed by atoms with E-state index in [1.807, 2.05) is 29.7 Å². The molecule has 2 aromatic heterocycles. The number of nitrogens with zero attached hydrogens (tertiary/aromatic N) is 2. The molecule has 0 aliphatic rings. The summed E-state index contributed by atoms with van der Waals surface area (Å²) in [5, 5.41) is 3.23. The van der Waals surface area contributed by atoms with Crippen LogP contribution in [-0.4, -0.2) is 4.57 Å². The number of hydrogen-bond donors (Lipinski definition) is 0. The molecular formula is C28H29N2OS3+. The van der Waals surface area contributed by atoms with Crippen molar-refractivity contribution in [3.05, 3.63) is 114 Å². The van der Waals surface area contributed by atoms with Crippen molar-refractivity contribution in [2.45, 2.75) is 45.2 Å². The molecule has 0 amide bonds. The van der Waals surface area contributed by atoms with Gasteiger partial charge < -0.3 is 0 Å². The van der Waals surface area contributed by atoms with Crippen LogP contribution in [0.4, 0.5) is 0 Å². The van der Waals surface area contributed by atoms with Crippen LogP contribution in [0.3, 0.4) is 0 Å². The van der Waals surface area contributed by atoms with Crippen LogP contribution in [-0.2, 0) is 13.1 Å². The van der Waals surface area contributed by atoms with Gasteiger partial charge in [-0.1, -0.05) is 85.1 Å². The van der Waals surface area contributed by atoms with Crippen molar-refractivity contribution in [2.75, 3.05) is 0 Å². The lowest BCUT2D eigenvalue weighted by atomic mass is 10.2. The van der Waals surface area contributed by atoms with Crippen LogP contribution in [0.5, 0.6) is 0 Å². The summed E-state index contributed by atoms with van der Waals surface area (Å²) in [4.78, 5) is 15.7. The summed E-state index contributed by atoms with van der Waals surface area (Å²) in [6.45, 7) is 12.0. The quantitative estimate of drug-likeness (QED) is 0.239. The molecule has 34 heavy (non-hydrogen) atoms. The molecule has 2 heterocycles. The molecule has 6 heteroatoms. The Morgan fingerprint density at radius 2 is 1.85 bits per heavy atom. The monoisotopic (exact) mass is 505 g/mol. The van der Waals surface area contributed by atoms with Crippen LogP contribution in [0.25, 0.3) is 11.0 Å². The summed E-state index contributed by atoms with van der Waals surface area (Å²) in [5.74, 6) is 0. The van der Waals surface area contributed by atoms with Gasteiger partial charge in [0.1, 0.15) is 9.20 Å². The van der Waals surface area contributed by atoms with Gasteiger partial charge in [0, 0.05) is 21.9 Å². The summed E-state index contributed by atoms with van der Waals surface area (Å²) < 4.78 is 5.87. The zero-order chi connectivity index (χ0) is 24.1. The van der Waals surface area contributed by atoms with Crippen molar-refractivity contribution < 1.29 is 4.57 Å². The Balaban J connectivity index is 1.85. The summed E-state index contributed by atoms with van der Waals surface area (Å²) in [6.07, 6.45) is 5.06. The van der Waals surface area contributed by atoms with Gasteiger partial charge in [0.05, 0.1) is 11.5 Å². The summed E-state index contributed by atoms with van der Waals surface area (Å²) >= 11 is 4.92. The minimum absolute atomic E-state index is 0.0654. The molecule has 0 saturated carbocycles. The van der Waals surface area contributed by atoms with Crippen LogP contribution in [0.1, 0.15) is 36.4 Å². The minimum Gasteiger partial charge on any atom is -0.299 e. The van der Waals surface area contributed by atoms with Gasteiger partial charge in [-0.2, -0.15) is 4.57 Å². The molecular weight excluding hydrogens is 477 g/mol. The van der Waals surface area contributed by atoms with Crippen LogP contribution in [0, 0.1) is 6.92 Å². The fraction of sp³-hybridized carbons (Fsp3) is 0.214. The Labute approximate surface area is 213 Å². The maximum Gasteiger partial charge on any atom is 0.270 e. The van der Waals surface area contributed by atoms with Crippen molar-refractivity contribution in [3.63, 3.8) is 0 Å². The molecule has 0 atom stereocenters. The molecule has 0 unspecified atom stereocenters. The van der Waals surface area contributed by atoms with E-state index in [9.17, 15) is 4.79 Å². The van der Waals surface area contributed by atoms with Gasteiger partial charge in [-0.05, 0) is 37.5 Å². The first-order chi connectivity index (χ1) is 16.5. The molecule has 0 spiro atoms. The molecule has 0 N–H and O–H groups in total. The van der Waals surface area contributed by atoms with Gasteiger partial charge in [0.2, 0.25) is 0 Å². The van der Waals surface area contributed by atoms with E-state index in [0.717, 1.165) is 42.5 Å². The Morgan fingerprint density at radius 3 is 2.56 bits per heavy atom. The average Bonchev–Trinajstić information content (AvgIpc) is 3.42. The first-order valence-electron chi connectivity index (χ1n) is 11.4. The standard InChI is InChI=1S/C28H29N2OS3/c1-5-20(3)26(33-23-15-11-10-12-21(23)4)27-28(31)30(6-2)25(34-27)18-24-29(16-17-32-24)19-22-13-8-7-9-14-22/h7-18H,3,5-6,19H2,1-2,4H3/q+1/b27-26+. The van der Waals surface area contributed by atoms with E-state index in [2.05, 4.69) is 79.0 Å². The summed E-state index contributed by atoms with van der Waals surface area (Å²) in [6, 6.07) is 18.7. The number of rotatable bonds is 8. The molecule has 0 saturated heterocycles. The highest BCUT2D eigenvalue weighted by Crippen LogP contribution is 2.34. The summed E-state index contributed by atoms with van der Waals surface area (Å²) in [5.41, 5.74) is 3.52. The summed E-state index contributed by atoms with van der Waals surface area (Å²) in [7, 11) is 0. The normalized spacial score (nSPS) is 12.7. The van der Waals surface area contributed by atoms with Crippen molar-refractivity contribution in [1.82, 2.24) is 4.57 Å². The Kier molecular flexibility index (Phi) is 8.03. The van der Waals surface area contributed by atoms with Crippen LogP contribution in [0.2, 0.25) is 0 Å². The lowest BCUT2D eigenvalue weighted by Gasteiger charge is -2.09. The zero-order valence-corrected chi connectivity index (χ0v) is 22.2. The number of aromatic nitrogens is 2. The Bertz CT molecular complexity index is 1480. The largest absolute Gasteiger partial charge is 0.299 e. The van der Waals surface area contributed by atoms with Crippen molar-refractivity contribution in [1.29, 1.82) is 0 Å². The van der Waals surface area contributed by atoms with Crippen molar-refractivity contribution in [3.8, 4) is 0 Å². The van der Waals surface area contributed by atoms with Gasteiger partial charge in [-0.15, -0.1) is 11.3 Å². The van der Waals surface area contributed by atoms with E-state index in [0.29, 0.717) is 6.54 Å². The molecule has 0 radical (unpaired) electrons. The maximum absolute atomic E-state index is 13.5. The molecule has 4 rings (SSSR count).